The van der Waals surface area contributed by atoms with Gasteiger partial charge in [0.15, 0.2) is 0 Å². The second kappa shape index (κ2) is 5.18. The molecule has 0 aliphatic heterocycles. The van der Waals surface area contributed by atoms with E-state index in [-0.39, 0.29) is 5.69 Å². The van der Waals surface area contributed by atoms with Gasteiger partial charge in [-0.1, -0.05) is 0 Å². The summed E-state index contributed by atoms with van der Waals surface area (Å²) in [5, 5.41) is 13.8. The van der Waals surface area contributed by atoms with Gasteiger partial charge >= 0.3 is 0 Å². The van der Waals surface area contributed by atoms with Crippen molar-refractivity contribution in [3.05, 3.63) is 51.0 Å². The van der Waals surface area contributed by atoms with Crippen LogP contribution in [0.25, 0.3) is 0 Å². The Bertz CT molecular complexity index is 582. The Hall–Kier alpha value is -1.89. The molecule has 1 heterocycles. The van der Waals surface area contributed by atoms with Crippen LogP contribution in [-0.4, -0.2) is 14.5 Å². The van der Waals surface area contributed by atoms with Gasteiger partial charge in [-0.3, -0.25) is 10.1 Å². The topological polar surface area (TPSA) is 73.0 Å². The average molecular weight is 311 g/mol. The molecule has 0 radical (unpaired) electrons. The molecule has 6 nitrogen and oxygen atoms in total. The van der Waals surface area contributed by atoms with Crippen molar-refractivity contribution < 1.29 is 4.92 Å². The van der Waals surface area contributed by atoms with Gasteiger partial charge in [-0.15, -0.1) is 0 Å². The van der Waals surface area contributed by atoms with Gasteiger partial charge in [0, 0.05) is 25.0 Å². The number of aromatic nitrogens is 2. The highest BCUT2D eigenvalue weighted by Crippen LogP contribution is 2.27. The molecule has 1 N–H and O–H groups in total. The van der Waals surface area contributed by atoms with E-state index in [9.17, 15) is 10.1 Å². The van der Waals surface area contributed by atoms with Gasteiger partial charge < -0.3 is 9.88 Å². The normalized spacial score (nSPS) is 10.3. The van der Waals surface area contributed by atoms with Crippen molar-refractivity contribution in [1.82, 2.24) is 9.55 Å². The predicted molar refractivity (Wildman–Crippen MR) is 71.3 cm³/mol. The summed E-state index contributed by atoms with van der Waals surface area (Å²) in [5.41, 5.74) is 1.90. The number of nitrogens with zero attached hydrogens (tertiary/aromatic N) is 3. The first-order valence-electron chi connectivity index (χ1n) is 5.21. The standard InChI is InChI=1S/C11H11BrN4O2/c1-15-7-13-5-9(15)6-14-8-2-3-11(16(17)18)10(12)4-8/h2-5,7,14H,6H2,1H3. The summed E-state index contributed by atoms with van der Waals surface area (Å²) in [7, 11) is 1.91. The van der Waals surface area contributed by atoms with Crippen LogP contribution in [-0.2, 0) is 13.6 Å². The van der Waals surface area contributed by atoms with E-state index in [0.29, 0.717) is 11.0 Å². The third-order valence-electron chi connectivity index (χ3n) is 2.53. The van der Waals surface area contributed by atoms with Crippen molar-refractivity contribution in [2.45, 2.75) is 6.54 Å². The lowest BCUT2D eigenvalue weighted by Gasteiger charge is -2.07. The van der Waals surface area contributed by atoms with Crippen LogP contribution in [0.15, 0.2) is 35.2 Å². The van der Waals surface area contributed by atoms with Gasteiger partial charge in [0.25, 0.3) is 5.69 Å². The summed E-state index contributed by atoms with van der Waals surface area (Å²) in [6.07, 6.45) is 3.50. The Kier molecular flexibility index (Phi) is 3.61. The molecule has 0 bridgehead atoms. The minimum absolute atomic E-state index is 0.0566. The van der Waals surface area contributed by atoms with E-state index in [1.165, 1.54) is 6.07 Å². The maximum atomic E-state index is 10.7. The Morgan fingerprint density at radius 3 is 2.89 bits per heavy atom. The Labute approximate surface area is 112 Å². The number of anilines is 1. The van der Waals surface area contributed by atoms with Crippen molar-refractivity contribution in [3.63, 3.8) is 0 Å². The lowest BCUT2D eigenvalue weighted by molar-refractivity contribution is -0.385. The van der Waals surface area contributed by atoms with Crippen LogP contribution >= 0.6 is 15.9 Å². The number of rotatable bonds is 4. The zero-order chi connectivity index (χ0) is 13.1. The summed E-state index contributed by atoms with van der Waals surface area (Å²) in [4.78, 5) is 14.3. The van der Waals surface area contributed by atoms with Gasteiger partial charge in [-0.2, -0.15) is 0 Å². The predicted octanol–water partition coefficient (Wildman–Crippen LogP) is 2.70. The molecule has 0 aliphatic rings. The number of nitro groups is 1. The highest BCUT2D eigenvalue weighted by molar-refractivity contribution is 9.10. The molecule has 0 aliphatic carbocycles. The molecule has 1 aromatic carbocycles. The quantitative estimate of drug-likeness (QED) is 0.696. The van der Waals surface area contributed by atoms with Gasteiger partial charge in [0.05, 0.1) is 28.0 Å². The van der Waals surface area contributed by atoms with Crippen LogP contribution in [0, 0.1) is 10.1 Å². The van der Waals surface area contributed by atoms with Crippen LogP contribution in [0.1, 0.15) is 5.69 Å². The summed E-state index contributed by atoms with van der Waals surface area (Å²) < 4.78 is 2.37. The zero-order valence-corrected chi connectivity index (χ0v) is 11.2. The largest absolute Gasteiger partial charge is 0.379 e. The third-order valence-corrected chi connectivity index (χ3v) is 3.17. The number of hydrogen-bond donors (Lipinski definition) is 1. The first-order valence-corrected chi connectivity index (χ1v) is 6.00. The summed E-state index contributed by atoms with van der Waals surface area (Å²) in [6, 6.07) is 4.84. The fourth-order valence-corrected chi connectivity index (χ4v) is 2.04. The van der Waals surface area contributed by atoms with Crippen LogP contribution in [0.3, 0.4) is 0 Å². The van der Waals surface area contributed by atoms with Crippen LogP contribution in [0.4, 0.5) is 11.4 Å². The van der Waals surface area contributed by atoms with Gasteiger partial charge in [0.2, 0.25) is 0 Å². The van der Waals surface area contributed by atoms with Crippen LogP contribution in [0.5, 0.6) is 0 Å². The van der Waals surface area contributed by atoms with Crippen molar-refractivity contribution in [3.8, 4) is 0 Å². The Balaban J connectivity index is 2.09. The summed E-state index contributed by atoms with van der Waals surface area (Å²) >= 11 is 3.18. The average Bonchev–Trinajstić information content (AvgIpc) is 2.72. The first kappa shape index (κ1) is 12.6. The van der Waals surface area contributed by atoms with Crippen molar-refractivity contribution in [2.75, 3.05) is 5.32 Å². The van der Waals surface area contributed by atoms with E-state index in [1.807, 2.05) is 11.6 Å². The number of benzene rings is 1. The Morgan fingerprint density at radius 1 is 1.56 bits per heavy atom. The highest BCUT2D eigenvalue weighted by atomic mass is 79.9. The molecule has 2 rings (SSSR count). The lowest BCUT2D eigenvalue weighted by Crippen LogP contribution is -2.04. The van der Waals surface area contributed by atoms with E-state index >= 15 is 0 Å². The van der Waals surface area contributed by atoms with Gasteiger partial charge in [-0.25, -0.2) is 4.98 Å². The fraction of sp³-hybridized carbons (Fsp3) is 0.182. The van der Waals surface area contributed by atoms with Crippen LogP contribution < -0.4 is 5.32 Å². The SMILES string of the molecule is Cn1cncc1CNc1ccc([N+](=O)[O-])c(Br)c1. The number of halogens is 1. The van der Waals surface area contributed by atoms with Gasteiger partial charge in [-0.05, 0) is 28.1 Å². The first-order chi connectivity index (χ1) is 8.58. The highest BCUT2D eigenvalue weighted by Gasteiger charge is 2.11. The van der Waals surface area contributed by atoms with Crippen molar-refractivity contribution >= 4 is 27.3 Å². The third kappa shape index (κ3) is 2.67. The molecule has 1 aromatic heterocycles. The smallest absolute Gasteiger partial charge is 0.283 e. The molecule has 0 unspecified atom stereocenters. The maximum absolute atomic E-state index is 10.7. The molecular formula is C11H11BrN4O2. The van der Waals surface area contributed by atoms with E-state index in [0.717, 1.165) is 11.4 Å². The number of aryl methyl sites for hydroxylation is 1. The monoisotopic (exact) mass is 310 g/mol. The molecule has 0 atom stereocenters. The van der Waals surface area contributed by atoms with E-state index in [1.54, 1.807) is 24.7 Å². The summed E-state index contributed by atoms with van der Waals surface area (Å²) in [5.74, 6) is 0. The number of nitro benzene ring substituents is 1. The molecule has 0 fully saturated rings. The minimum atomic E-state index is -0.422. The zero-order valence-electron chi connectivity index (χ0n) is 9.63. The molecule has 7 heteroatoms. The minimum Gasteiger partial charge on any atom is -0.379 e. The molecule has 0 saturated heterocycles. The molecule has 2 aromatic rings. The number of nitrogens with one attached hydrogen (secondary N) is 1. The molecule has 0 amide bonds. The molecular weight excluding hydrogens is 300 g/mol. The lowest BCUT2D eigenvalue weighted by atomic mass is 10.3. The Morgan fingerprint density at radius 2 is 2.33 bits per heavy atom. The number of imidazole rings is 1. The van der Waals surface area contributed by atoms with Gasteiger partial charge in [0.1, 0.15) is 0 Å². The van der Waals surface area contributed by atoms with E-state index < -0.39 is 4.92 Å². The van der Waals surface area contributed by atoms with E-state index in [2.05, 4.69) is 26.2 Å². The van der Waals surface area contributed by atoms with Crippen LogP contribution in [0.2, 0.25) is 0 Å². The molecule has 18 heavy (non-hydrogen) atoms. The van der Waals surface area contributed by atoms with E-state index in [4.69, 9.17) is 0 Å². The second-order valence-corrected chi connectivity index (χ2v) is 4.63. The molecule has 0 saturated carbocycles. The van der Waals surface area contributed by atoms with Crippen molar-refractivity contribution in [2.24, 2.45) is 7.05 Å². The summed E-state index contributed by atoms with van der Waals surface area (Å²) in [6.45, 7) is 0.612. The fourth-order valence-electron chi connectivity index (χ4n) is 1.51. The second-order valence-electron chi connectivity index (χ2n) is 3.77. The number of hydrogen-bond acceptors (Lipinski definition) is 4. The van der Waals surface area contributed by atoms with Crippen molar-refractivity contribution in [1.29, 1.82) is 0 Å². The molecule has 94 valence electrons. The molecule has 0 spiro atoms. The maximum Gasteiger partial charge on any atom is 0.283 e.